The summed E-state index contributed by atoms with van der Waals surface area (Å²) in [6.45, 7) is 8.02. The molecule has 130 valence electrons. The van der Waals surface area contributed by atoms with Crippen LogP contribution in [-0.2, 0) is 16.6 Å². The predicted octanol–water partition coefficient (Wildman–Crippen LogP) is 2.48. The van der Waals surface area contributed by atoms with Crippen LogP contribution >= 0.6 is 0 Å². The first-order valence-electron chi connectivity index (χ1n) is 8.09. The zero-order valence-electron chi connectivity index (χ0n) is 14.9. The maximum atomic E-state index is 12.7. The van der Waals surface area contributed by atoms with E-state index in [0.717, 1.165) is 5.69 Å². The van der Waals surface area contributed by atoms with E-state index < -0.39 is 6.10 Å². The molecule has 0 aliphatic rings. The van der Waals surface area contributed by atoms with Gasteiger partial charge >= 0.3 is 0 Å². The van der Waals surface area contributed by atoms with Gasteiger partial charge in [0.05, 0.1) is 11.4 Å². The van der Waals surface area contributed by atoms with Crippen LogP contribution in [0.4, 0.5) is 5.69 Å². The van der Waals surface area contributed by atoms with Gasteiger partial charge in [-0.3, -0.25) is 14.3 Å². The van der Waals surface area contributed by atoms with Crippen molar-refractivity contribution in [3.63, 3.8) is 0 Å². The molecule has 0 bridgehead atoms. The van der Waals surface area contributed by atoms with Crippen LogP contribution in [0.3, 0.4) is 0 Å². The molecule has 6 nitrogen and oxygen atoms in total. The second-order valence-electron chi connectivity index (χ2n) is 6.30. The summed E-state index contributed by atoms with van der Waals surface area (Å²) in [6, 6.07) is 9.32. The molecule has 2 rings (SSSR count). The van der Waals surface area contributed by atoms with E-state index in [1.165, 1.54) is 4.68 Å². The van der Waals surface area contributed by atoms with Crippen LogP contribution in [-0.4, -0.2) is 28.0 Å². The Balaban J connectivity index is 2.26. The number of aromatic nitrogens is 2. The Labute approximate surface area is 142 Å². The van der Waals surface area contributed by atoms with Crippen molar-refractivity contribution >= 4 is 11.6 Å². The van der Waals surface area contributed by atoms with Gasteiger partial charge in [-0.2, -0.15) is 0 Å². The van der Waals surface area contributed by atoms with Crippen molar-refractivity contribution in [1.29, 1.82) is 0 Å². The van der Waals surface area contributed by atoms with E-state index in [4.69, 9.17) is 4.74 Å². The smallest absolute Gasteiger partial charge is 0.295 e. The van der Waals surface area contributed by atoms with E-state index in [1.54, 1.807) is 25.6 Å². The molecule has 0 saturated heterocycles. The largest absolute Gasteiger partial charge is 0.368 e. The number of rotatable bonds is 6. The first-order valence-corrected chi connectivity index (χ1v) is 8.09. The van der Waals surface area contributed by atoms with E-state index in [-0.39, 0.29) is 17.2 Å². The van der Waals surface area contributed by atoms with Crippen LogP contribution in [0.2, 0.25) is 0 Å². The van der Waals surface area contributed by atoms with Gasteiger partial charge in [-0.05, 0) is 31.9 Å². The van der Waals surface area contributed by atoms with Crippen LogP contribution in [0.25, 0.3) is 5.69 Å². The van der Waals surface area contributed by atoms with Crippen LogP contribution < -0.4 is 10.9 Å². The molecule has 1 amide bonds. The number of hydrogen-bond donors (Lipinski definition) is 1. The van der Waals surface area contributed by atoms with Gasteiger partial charge in [0.2, 0.25) is 0 Å². The lowest BCUT2D eigenvalue weighted by Crippen LogP contribution is -2.31. The van der Waals surface area contributed by atoms with Crippen molar-refractivity contribution in [2.24, 2.45) is 13.0 Å². The van der Waals surface area contributed by atoms with Gasteiger partial charge in [-0.25, -0.2) is 4.68 Å². The molecule has 0 aliphatic heterocycles. The van der Waals surface area contributed by atoms with Gasteiger partial charge in [-0.1, -0.05) is 32.0 Å². The van der Waals surface area contributed by atoms with Crippen molar-refractivity contribution in [1.82, 2.24) is 9.36 Å². The molecule has 1 N–H and O–H groups in total. The molecule has 1 aromatic heterocycles. The topological polar surface area (TPSA) is 65.3 Å². The molecular weight excluding hydrogens is 306 g/mol. The van der Waals surface area contributed by atoms with Crippen molar-refractivity contribution in [3.05, 3.63) is 46.4 Å². The zero-order chi connectivity index (χ0) is 17.9. The molecule has 0 spiro atoms. The van der Waals surface area contributed by atoms with Crippen LogP contribution in [0.15, 0.2) is 35.1 Å². The minimum Gasteiger partial charge on any atom is -0.368 e. The highest BCUT2D eigenvalue weighted by Gasteiger charge is 2.21. The molecule has 24 heavy (non-hydrogen) atoms. The summed E-state index contributed by atoms with van der Waals surface area (Å²) in [6.07, 6.45) is -0.614. The predicted molar refractivity (Wildman–Crippen MR) is 94.6 cm³/mol. The van der Waals surface area contributed by atoms with Gasteiger partial charge in [0, 0.05) is 13.7 Å². The number of amides is 1. The lowest BCUT2D eigenvalue weighted by molar-refractivity contribution is -0.126. The normalized spacial score (nSPS) is 12.4. The highest BCUT2D eigenvalue weighted by molar-refractivity contribution is 5.94. The average Bonchev–Trinajstić information content (AvgIpc) is 2.76. The monoisotopic (exact) mass is 331 g/mol. The summed E-state index contributed by atoms with van der Waals surface area (Å²) in [4.78, 5) is 25.0. The molecule has 0 fully saturated rings. The van der Waals surface area contributed by atoms with E-state index in [0.29, 0.717) is 18.2 Å². The summed E-state index contributed by atoms with van der Waals surface area (Å²) in [5.41, 5.74) is 1.46. The quantitative estimate of drug-likeness (QED) is 0.884. The minimum absolute atomic E-state index is 0.259. The van der Waals surface area contributed by atoms with Gasteiger partial charge in [0.15, 0.2) is 0 Å². The number of nitrogens with one attached hydrogen (secondary N) is 1. The van der Waals surface area contributed by atoms with Crippen LogP contribution in [0, 0.1) is 12.8 Å². The highest BCUT2D eigenvalue weighted by Crippen LogP contribution is 2.14. The molecule has 1 heterocycles. The first-order chi connectivity index (χ1) is 11.3. The number of carbonyl (C=O) groups excluding carboxylic acids is 1. The van der Waals surface area contributed by atoms with Crippen molar-refractivity contribution in [2.75, 3.05) is 11.9 Å². The van der Waals surface area contributed by atoms with E-state index >= 15 is 0 Å². The molecule has 1 aromatic carbocycles. The van der Waals surface area contributed by atoms with E-state index in [9.17, 15) is 9.59 Å². The Hall–Kier alpha value is -2.34. The van der Waals surface area contributed by atoms with Crippen molar-refractivity contribution < 1.29 is 9.53 Å². The number of anilines is 1. The fraction of sp³-hybridized carbons (Fsp3) is 0.444. The summed E-state index contributed by atoms with van der Waals surface area (Å²) >= 11 is 0. The SMILES string of the molecule is Cc1c(NC(=O)[C@@H](C)OCC(C)C)c(=O)n(-c2ccccc2)n1C. The molecule has 2 aromatic rings. The molecule has 6 heteroatoms. The first kappa shape index (κ1) is 18.0. The van der Waals surface area contributed by atoms with Crippen LogP contribution in [0.5, 0.6) is 0 Å². The zero-order valence-corrected chi connectivity index (χ0v) is 14.9. The number of hydrogen-bond acceptors (Lipinski definition) is 3. The Bertz CT molecular complexity index is 760. The molecule has 0 radical (unpaired) electrons. The van der Waals surface area contributed by atoms with E-state index in [1.807, 2.05) is 44.2 Å². The van der Waals surface area contributed by atoms with Gasteiger partial charge in [0.25, 0.3) is 11.5 Å². The second kappa shape index (κ2) is 7.49. The molecular formula is C18H25N3O3. The van der Waals surface area contributed by atoms with E-state index in [2.05, 4.69) is 5.32 Å². The van der Waals surface area contributed by atoms with Crippen molar-refractivity contribution in [2.45, 2.75) is 33.8 Å². The number of ether oxygens (including phenoxy) is 1. The molecule has 1 atom stereocenters. The second-order valence-corrected chi connectivity index (χ2v) is 6.30. The lowest BCUT2D eigenvalue weighted by atomic mass is 10.2. The Morgan fingerprint density at radius 3 is 2.42 bits per heavy atom. The third-order valence-corrected chi connectivity index (χ3v) is 3.85. The Kier molecular flexibility index (Phi) is 5.62. The Morgan fingerprint density at radius 2 is 1.83 bits per heavy atom. The summed E-state index contributed by atoms with van der Waals surface area (Å²) in [5, 5.41) is 2.71. The highest BCUT2D eigenvalue weighted by atomic mass is 16.5. The summed E-state index contributed by atoms with van der Waals surface area (Å²) in [5.74, 6) is 0.0238. The number of benzene rings is 1. The van der Waals surface area contributed by atoms with Gasteiger partial charge in [-0.15, -0.1) is 0 Å². The molecule has 0 unspecified atom stereocenters. The standard InChI is InChI=1S/C18H25N3O3/c1-12(2)11-24-14(4)17(22)19-16-13(3)20(5)21(18(16)23)15-9-7-6-8-10-15/h6-10,12,14H,11H2,1-5H3,(H,19,22)/t14-/m1/s1. The fourth-order valence-electron chi connectivity index (χ4n) is 2.35. The summed E-state index contributed by atoms with van der Waals surface area (Å²) < 4.78 is 8.77. The maximum absolute atomic E-state index is 12.7. The maximum Gasteiger partial charge on any atom is 0.295 e. The third-order valence-electron chi connectivity index (χ3n) is 3.85. The number of para-hydroxylation sites is 1. The van der Waals surface area contributed by atoms with Gasteiger partial charge < -0.3 is 10.1 Å². The molecule has 0 aliphatic carbocycles. The molecule has 0 saturated carbocycles. The van der Waals surface area contributed by atoms with Crippen LogP contribution in [0.1, 0.15) is 26.5 Å². The minimum atomic E-state index is -0.614. The summed E-state index contributed by atoms with van der Waals surface area (Å²) in [7, 11) is 1.79. The number of nitrogens with zero attached hydrogens (tertiary/aromatic N) is 2. The Morgan fingerprint density at radius 1 is 1.21 bits per heavy atom. The average molecular weight is 331 g/mol. The number of carbonyl (C=O) groups is 1. The lowest BCUT2D eigenvalue weighted by Gasteiger charge is -2.14. The van der Waals surface area contributed by atoms with Gasteiger partial charge in [0.1, 0.15) is 11.8 Å². The fourth-order valence-corrected chi connectivity index (χ4v) is 2.35. The third kappa shape index (κ3) is 3.76. The van der Waals surface area contributed by atoms with Crippen molar-refractivity contribution in [3.8, 4) is 5.69 Å².